The number of benzene rings is 1. The van der Waals surface area contributed by atoms with Crippen molar-refractivity contribution < 1.29 is 19.1 Å². The Hall–Kier alpha value is -2.98. The van der Waals surface area contributed by atoms with Gasteiger partial charge in [-0.2, -0.15) is 0 Å². The molecular formula is C30H43N5O5. The van der Waals surface area contributed by atoms with Crippen molar-refractivity contribution in [1.82, 2.24) is 24.3 Å². The summed E-state index contributed by atoms with van der Waals surface area (Å²) in [5, 5.41) is 2.37. The Morgan fingerprint density at radius 2 is 1.55 bits per heavy atom. The molecule has 2 aromatic rings. The molecule has 0 aliphatic carbocycles. The molecule has 0 radical (unpaired) electrons. The smallest absolute Gasteiger partial charge is 0.329 e. The van der Waals surface area contributed by atoms with Crippen molar-refractivity contribution in [3.05, 3.63) is 34.2 Å². The zero-order chi connectivity index (χ0) is 28.6. The number of likely N-dealkylation sites (tertiary alicyclic amines) is 2. The first kappa shape index (κ1) is 28.5. The van der Waals surface area contributed by atoms with Gasteiger partial charge in [-0.1, -0.05) is 6.07 Å². The van der Waals surface area contributed by atoms with Gasteiger partial charge in [0.05, 0.1) is 17.0 Å². The lowest BCUT2D eigenvalue weighted by Crippen LogP contribution is -2.44. The zero-order valence-corrected chi connectivity index (χ0v) is 24.3. The maximum Gasteiger partial charge on any atom is 0.329 e. The van der Waals surface area contributed by atoms with E-state index >= 15 is 0 Å². The maximum atomic E-state index is 13.1. The fraction of sp³-hybridized carbons (Fsp3) is 0.667. The molecule has 3 fully saturated rings. The summed E-state index contributed by atoms with van der Waals surface area (Å²) < 4.78 is 8.73. The van der Waals surface area contributed by atoms with E-state index in [0.29, 0.717) is 12.3 Å². The van der Waals surface area contributed by atoms with Crippen molar-refractivity contribution in [3.63, 3.8) is 0 Å². The van der Waals surface area contributed by atoms with E-state index in [1.165, 1.54) is 5.56 Å². The summed E-state index contributed by atoms with van der Waals surface area (Å²) in [6.07, 6.45) is 4.44. The van der Waals surface area contributed by atoms with E-state index in [1.54, 1.807) is 16.2 Å². The quantitative estimate of drug-likeness (QED) is 0.433. The predicted molar refractivity (Wildman–Crippen MR) is 152 cm³/mol. The fourth-order valence-corrected chi connectivity index (χ4v) is 6.41. The molecule has 5 rings (SSSR count). The van der Waals surface area contributed by atoms with Gasteiger partial charge >= 0.3 is 11.7 Å². The molecule has 10 nitrogen and oxygen atoms in total. The second-order valence-electron chi connectivity index (χ2n) is 12.7. The highest BCUT2D eigenvalue weighted by Gasteiger charge is 2.32. The van der Waals surface area contributed by atoms with Crippen LogP contribution in [0.1, 0.15) is 76.8 Å². The number of hydrogen-bond donors (Lipinski definition) is 1. The monoisotopic (exact) mass is 553 g/mol. The van der Waals surface area contributed by atoms with Crippen molar-refractivity contribution in [3.8, 4) is 0 Å². The number of rotatable bonds is 6. The highest BCUT2D eigenvalue weighted by molar-refractivity contribution is 6.00. The Bertz CT molecular complexity index is 1320. The maximum absolute atomic E-state index is 13.1. The number of aromatic nitrogens is 2. The van der Waals surface area contributed by atoms with E-state index in [9.17, 15) is 19.2 Å². The summed E-state index contributed by atoms with van der Waals surface area (Å²) in [4.78, 5) is 54.5. The van der Waals surface area contributed by atoms with E-state index in [1.807, 2.05) is 26.8 Å². The van der Waals surface area contributed by atoms with E-state index in [4.69, 9.17) is 4.74 Å². The first-order chi connectivity index (χ1) is 19.0. The van der Waals surface area contributed by atoms with E-state index in [2.05, 4.69) is 27.2 Å². The first-order valence-electron chi connectivity index (χ1n) is 14.7. The van der Waals surface area contributed by atoms with Crippen LogP contribution >= 0.6 is 0 Å². The molecule has 4 heterocycles. The number of carbonyl (C=O) groups is 3. The van der Waals surface area contributed by atoms with Gasteiger partial charge in [-0.25, -0.2) is 4.79 Å². The molecule has 1 N–H and O–H groups in total. The molecule has 218 valence electrons. The molecule has 40 heavy (non-hydrogen) atoms. The van der Waals surface area contributed by atoms with E-state index in [-0.39, 0.29) is 29.9 Å². The predicted octanol–water partition coefficient (Wildman–Crippen LogP) is 2.55. The number of ether oxygens (including phenoxy) is 1. The van der Waals surface area contributed by atoms with E-state index < -0.39 is 17.6 Å². The van der Waals surface area contributed by atoms with Crippen LogP contribution in [-0.2, 0) is 26.2 Å². The van der Waals surface area contributed by atoms with Gasteiger partial charge in [0.2, 0.25) is 11.8 Å². The number of carbonyl (C=O) groups excluding carboxylic acids is 3. The van der Waals surface area contributed by atoms with Crippen LogP contribution in [0, 0.1) is 5.92 Å². The normalized spacial score (nSPS) is 22.6. The van der Waals surface area contributed by atoms with Gasteiger partial charge in [0.15, 0.2) is 0 Å². The molecule has 1 unspecified atom stereocenters. The Balaban J connectivity index is 1.13. The Morgan fingerprint density at radius 3 is 2.15 bits per heavy atom. The van der Waals surface area contributed by atoms with Crippen molar-refractivity contribution in [2.45, 2.75) is 76.9 Å². The van der Waals surface area contributed by atoms with Crippen LogP contribution < -0.4 is 11.0 Å². The largest absolute Gasteiger partial charge is 0.460 e. The van der Waals surface area contributed by atoms with Crippen LogP contribution in [0.3, 0.4) is 0 Å². The summed E-state index contributed by atoms with van der Waals surface area (Å²) in [5.74, 6) is -0.302. The molecule has 1 aromatic carbocycles. The number of esters is 1. The van der Waals surface area contributed by atoms with E-state index in [0.717, 1.165) is 76.0 Å². The fourth-order valence-electron chi connectivity index (χ4n) is 6.41. The van der Waals surface area contributed by atoms with Gasteiger partial charge in [0.1, 0.15) is 11.6 Å². The minimum absolute atomic E-state index is 0.0176. The van der Waals surface area contributed by atoms with Crippen molar-refractivity contribution in [2.24, 2.45) is 13.0 Å². The molecule has 0 spiro atoms. The standard InChI is InChI=1S/C30H43N5O5/c1-30(2,3)40-28(38)21-11-15-34(16-12-21)18-17-33-13-9-20(10-14-33)22-5-6-23-25(19-22)32(4)29(39)35(23)24-7-8-26(36)31-27(24)37/h5-6,19-21,24H,7-18H2,1-4H3,(H,31,36,37). The number of amides is 2. The second kappa shape index (κ2) is 11.5. The number of nitrogens with one attached hydrogen (secondary N) is 1. The van der Waals surface area contributed by atoms with Crippen LogP contribution in [0.5, 0.6) is 0 Å². The third-order valence-corrected chi connectivity index (χ3v) is 8.75. The second-order valence-corrected chi connectivity index (χ2v) is 12.7. The summed E-state index contributed by atoms with van der Waals surface area (Å²) in [7, 11) is 1.75. The van der Waals surface area contributed by atoms with Gasteiger partial charge in [0, 0.05) is 26.6 Å². The summed E-state index contributed by atoms with van der Waals surface area (Å²) in [6.45, 7) is 11.8. The van der Waals surface area contributed by atoms with Crippen LogP contribution in [0.25, 0.3) is 11.0 Å². The Labute approximate surface area is 235 Å². The minimum Gasteiger partial charge on any atom is -0.460 e. The molecule has 3 aliphatic rings. The van der Waals surface area contributed by atoms with Gasteiger partial charge in [-0.05, 0) is 103 Å². The van der Waals surface area contributed by atoms with Crippen molar-refractivity contribution in [1.29, 1.82) is 0 Å². The van der Waals surface area contributed by atoms with Crippen molar-refractivity contribution in [2.75, 3.05) is 39.3 Å². The number of fused-ring (bicyclic) bond motifs is 1. The highest BCUT2D eigenvalue weighted by atomic mass is 16.6. The van der Waals surface area contributed by atoms with Crippen LogP contribution in [-0.4, -0.2) is 81.6 Å². The highest BCUT2D eigenvalue weighted by Crippen LogP contribution is 2.31. The molecule has 1 atom stereocenters. The topological polar surface area (TPSA) is 106 Å². The molecular weight excluding hydrogens is 510 g/mol. The number of imide groups is 1. The lowest BCUT2D eigenvalue weighted by Gasteiger charge is -2.36. The van der Waals surface area contributed by atoms with Crippen molar-refractivity contribution >= 4 is 28.8 Å². The number of aryl methyl sites for hydroxylation is 1. The average molecular weight is 554 g/mol. The van der Waals surface area contributed by atoms with Gasteiger partial charge in [-0.15, -0.1) is 0 Å². The lowest BCUT2D eigenvalue weighted by atomic mass is 9.89. The molecule has 3 aliphatic heterocycles. The van der Waals surface area contributed by atoms with Gasteiger partial charge < -0.3 is 14.5 Å². The zero-order valence-electron chi connectivity index (χ0n) is 24.3. The molecule has 2 amide bonds. The first-order valence-corrected chi connectivity index (χ1v) is 14.7. The lowest BCUT2D eigenvalue weighted by molar-refractivity contribution is -0.161. The number of hydrogen-bond acceptors (Lipinski definition) is 7. The average Bonchev–Trinajstić information content (AvgIpc) is 3.16. The van der Waals surface area contributed by atoms with Crippen LogP contribution in [0.2, 0.25) is 0 Å². The SMILES string of the molecule is Cn1c(=O)n(C2CCC(=O)NC2=O)c2ccc(C3CCN(CCN4CCC(C(=O)OC(C)(C)C)CC4)CC3)cc21. The third kappa shape index (κ3) is 6.17. The minimum atomic E-state index is -0.661. The third-order valence-electron chi connectivity index (χ3n) is 8.75. The molecule has 1 aromatic heterocycles. The molecule has 0 bridgehead atoms. The summed E-state index contributed by atoms with van der Waals surface area (Å²) >= 11 is 0. The number of nitrogens with zero attached hydrogens (tertiary/aromatic N) is 4. The van der Waals surface area contributed by atoms with Crippen LogP contribution in [0.15, 0.2) is 23.0 Å². The number of piperidine rings is 3. The van der Waals surface area contributed by atoms with Gasteiger partial charge in [-0.3, -0.25) is 28.8 Å². The summed E-state index contributed by atoms with van der Waals surface area (Å²) in [5.41, 5.74) is 2.13. The number of imidazole rings is 1. The van der Waals surface area contributed by atoms with Crippen LogP contribution in [0.4, 0.5) is 0 Å². The molecule has 10 heteroatoms. The molecule has 3 saturated heterocycles. The Morgan fingerprint density at radius 1 is 0.925 bits per heavy atom. The van der Waals surface area contributed by atoms with Gasteiger partial charge in [0.25, 0.3) is 0 Å². The molecule has 0 saturated carbocycles. The summed E-state index contributed by atoms with van der Waals surface area (Å²) in [6, 6.07) is 5.50. The Kier molecular flexibility index (Phi) is 8.20.